The minimum Gasteiger partial charge on any atom is -0.491 e. The van der Waals surface area contributed by atoms with Crippen LogP contribution in [0, 0.1) is 17.8 Å². The molecular weight excluding hydrogens is 354 g/mol. The Labute approximate surface area is 172 Å². The van der Waals surface area contributed by atoms with Crippen LogP contribution in [0.3, 0.4) is 0 Å². The van der Waals surface area contributed by atoms with Gasteiger partial charge in [-0.05, 0) is 24.3 Å². The molecule has 0 spiro atoms. The van der Waals surface area contributed by atoms with Crippen LogP contribution < -0.4 is 10.1 Å². The largest absolute Gasteiger partial charge is 0.491 e. The van der Waals surface area contributed by atoms with Gasteiger partial charge in [-0.3, -0.25) is 0 Å². The van der Waals surface area contributed by atoms with Crippen LogP contribution in [0.5, 0.6) is 5.75 Å². The van der Waals surface area contributed by atoms with E-state index < -0.39 is 0 Å². The summed E-state index contributed by atoms with van der Waals surface area (Å²) in [6, 6.07) is 8.31. The number of rotatable bonds is 14. The first-order valence-corrected chi connectivity index (χ1v) is 9.79. The number of nitrogens with one attached hydrogen (secondary N) is 1. The second-order valence-corrected chi connectivity index (χ2v) is 6.74. The summed E-state index contributed by atoms with van der Waals surface area (Å²) in [7, 11) is 0. The van der Waals surface area contributed by atoms with E-state index in [1.807, 2.05) is 24.3 Å². The van der Waals surface area contributed by atoms with Crippen LogP contribution in [0.1, 0.15) is 40.7 Å². The van der Waals surface area contributed by atoms with Crippen molar-refractivity contribution in [3.63, 3.8) is 0 Å². The number of hydrogen-bond acceptors (Lipinski definition) is 5. The first-order chi connectivity index (χ1) is 13.1. The third kappa shape index (κ3) is 15.5. The molecule has 0 radical (unpaired) electrons. The maximum atomic E-state index is 5.65. The Bertz CT molecular complexity index is 532. The van der Waals surface area contributed by atoms with Gasteiger partial charge < -0.3 is 24.3 Å². The van der Waals surface area contributed by atoms with Crippen molar-refractivity contribution in [3.05, 3.63) is 29.8 Å². The summed E-state index contributed by atoms with van der Waals surface area (Å²) >= 11 is 0. The molecule has 0 bridgehead atoms. The lowest BCUT2D eigenvalue weighted by Gasteiger charge is -2.09. The first kappa shape index (κ1) is 26.4. The van der Waals surface area contributed by atoms with E-state index >= 15 is 0 Å². The van der Waals surface area contributed by atoms with Crippen LogP contribution in [0.25, 0.3) is 0 Å². The number of hydrogen-bond donors (Lipinski definition) is 1. The van der Waals surface area contributed by atoms with Crippen LogP contribution in [0.4, 0.5) is 0 Å². The van der Waals surface area contributed by atoms with Crippen LogP contribution in [0.2, 0.25) is 0 Å². The topological polar surface area (TPSA) is 49.0 Å². The van der Waals surface area contributed by atoms with E-state index in [4.69, 9.17) is 18.9 Å². The Morgan fingerprint density at radius 2 is 1.32 bits per heavy atom. The highest BCUT2D eigenvalue weighted by Gasteiger charge is 1.96. The molecule has 0 heterocycles. The van der Waals surface area contributed by atoms with Gasteiger partial charge in [0.25, 0.3) is 0 Å². The highest BCUT2D eigenvalue weighted by molar-refractivity contribution is 5.38. The van der Waals surface area contributed by atoms with Gasteiger partial charge in [-0.2, -0.15) is 0 Å². The fraction of sp³-hybridized carbons (Fsp3) is 0.652. The molecule has 0 fully saturated rings. The summed E-state index contributed by atoms with van der Waals surface area (Å²) in [6.07, 6.45) is 0. The van der Waals surface area contributed by atoms with E-state index in [0.717, 1.165) is 17.9 Å². The minimum atomic E-state index is 0. The van der Waals surface area contributed by atoms with Crippen molar-refractivity contribution in [2.75, 3.05) is 52.8 Å². The van der Waals surface area contributed by atoms with Gasteiger partial charge in [-0.15, -0.1) is 0 Å². The lowest BCUT2D eigenvalue weighted by molar-refractivity contribution is 0.00971. The predicted molar refractivity (Wildman–Crippen MR) is 116 cm³/mol. The lowest BCUT2D eigenvalue weighted by Crippen LogP contribution is -2.27. The molecule has 0 unspecified atom stereocenters. The molecule has 1 rings (SSSR count). The van der Waals surface area contributed by atoms with Crippen LogP contribution in [-0.2, 0) is 14.2 Å². The zero-order chi connectivity index (χ0) is 19.7. The molecule has 5 heteroatoms. The van der Waals surface area contributed by atoms with Gasteiger partial charge >= 0.3 is 0 Å². The zero-order valence-electron chi connectivity index (χ0n) is 17.3. The van der Waals surface area contributed by atoms with Crippen molar-refractivity contribution < 1.29 is 18.9 Å². The molecule has 0 aliphatic rings. The molecular formula is C23H39NO4. The molecule has 0 saturated carbocycles. The minimum absolute atomic E-state index is 0. The SMILES string of the molecule is C.CC(C)C#Cc1ccc(OCCOCCOCCOCCNC(C)C)cc1. The van der Waals surface area contributed by atoms with Crippen molar-refractivity contribution >= 4 is 0 Å². The molecule has 5 nitrogen and oxygen atoms in total. The lowest BCUT2D eigenvalue weighted by atomic mass is 10.2. The molecule has 160 valence electrons. The Balaban J connectivity index is 0.00000729. The van der Waals surface area contributed by atoms with Gasteiger partial charge in [0, 0.05) is 24.1 Å². The second kappa shape index (κ2) is 17.5. The quantitative estimate of drug-likeness (QED) is 0.385. The molecule has 0 aliphatic heterocycles. The highest BCUT2D eigenvalue weighted by Crippen LogP contribution is 2.11. The van der Waals surface area contributed by atoms with E-state index in [0.29, 0.717) is 58.2 Å². The fourth-order valence-electron chi connectivity index (χ4n) is 2.04. The summed E-state index contributed by atoms with van der Waals surface area (Å²) in [5.74, 6) is 7.48. The van der Waals surface area contributed by atoms with Crippen molar-refractivity contribution in [3.8, 4) is 17.6 Å². The van der Waals surface area contributed by atoms with Crippen molar-refractivity contribution in [2.45, 2.75) is 41.2 Å². The van der Waals surface area contributed by atoms with Gasteiger partial charge in [-0.1, -0.05) is 47.0 Å². The molecule has 1 N–H and O–H groups in total. The predicted octanol–water partition coefficient (Wildman–Crippen LogP) is 3.76. The molecule has 28 heavy (non-hydrogen) atoms. The van der Waals surface area contributed by atoms with E-state index in [-0.39, 0.29) is 7.43 Å². The molecule has 1 aromatic rings. The molecule has 0 amide bonds. The van der Waals surface area contributed by atoms with Crippen LogP contribution >= 0.6 is 0 Å². The number of benzene rings is 1. The van der Waals surface area contributed by atoms with Crippen molar-refractivity contribution in [2.24, 2.45) is 5.92 Å². The average Bonchev–Trinajstić information content (AvgIpc) is 2.64. The molecule has 0 atom stereocenters. The number of ether oxygens (including phenoxy) is 4. The third-order valence-corrected chi connectivity index (χ3v) is 3.40. The molecule has 0 aliphatic carbocycles. The standard InChI is InChI=1S/C22H35NO4.CH4/c1-19(2)5-6-21-7-9-22(10-8-21)27-18-17-26-16-15-25-14-13-24-12-11-23-20(3)4;/h7-10,19-20,23H,11-18H2,1-4H3;1H4. The smallest absolute Gasteiger partial charge is 0.119 e. The Hall–Kier alpha value is -1.58. The maximum Gasteiger partial charge on any atom is 0.119 e. The zero-order valence-corrected chi connectivity index (χ0v) is 17.3. The normalized spacial score (nSPS) is 10.5. The van der Waals surface area contributed by atoms with Gasteiger partial charge in [0.05, 0.1) is 39.6 Å². The van der Waals surface area contributed by atoms with Crippen molar-refractivity contribution in [1.29, 1.82) is 0 Å². The average molecular weight is 394 g/mol. The monoisotopic (exact) mass is 393 g/mol. The molecule has 1 aromatic carbocycles. The van der Waals surface area contributed by atoms with Gasteiger partial charge in [0.2, 0.25) is 0 Å². The Morgan fingerprint density at radius 3 is 1.86 bits per heavy atom. The maximum absolute atomic E-state index is 5.65. The second-order valence-electron chi connectivity index (χ2n) is 6.74. The van der Waals surface area contributed by atoms with E-state index in [1.165, 1.54) is 0 Å². The summed E-state index contributed by atoms with van der Waals surface area (Å²) in [4.78, 5) is 0. The van der Waals surface area contributed by atoms with Crippen molar-refractivity contribution in [1.82, 2.24) is 5.32 Å². The third-order valence-electron chi connectivity index (χ3n) is 3.40. The Kier molecular flexibility index (Phi) is 16.5. The summed E-state index contributed by atoms with van der Waals surface area (Å²) in [6.45, 7) is 13.4. The van der Waals surface area contributed by atoms with Gasteiger partial charge in [-0.25, -0.2) is 0 Å². The summed E-state index contributed by atoms with van der Waals surface area (Å²) < 4.78 is 22.0. The van der Waals surface area contributed by atoms with E-state index in [2.05, 4.69) is 44.9 Å². The summed E-state index contributed by atoms with van der Waals surface area (Å²) in [5, 5.41) is 3.30. The van der Waals surface area contributed by atoms with Crippen LogP contribution in [0.15, 0.2) is 24.3 Å². The molecule has 0 saturated heterocycles. The first-order valence-electron chi connectivity index (χ1n) is 9.79. The Morgan fingerprint density at radius 1 is 0.786 bits per heavy atom. The van der Waals surface area contributed by atoms with Gasteiger partial charge in [0.1, 0.15) is 12.4 Å². The fourth-order valence-corrected chi connectivity index (χ4v) is 2.04. The van der Waals surface area contributed by atoms with Gasteiger partial charge in [0.15, 0.2) is 0 Å². The highest BCUT2D eigenvalue weighted by atomic mass is 16.6. The van der Waals surface area contributed by atoms with E-state index in [1.54, 1.807) is 0 Å². The summed E-state index contributed by atoms with van der Waals surface area (Å²) in [5.41, 5.74) is 1.00. The van der Waals surface area contributed by atoms with E-state index in [9.17, 15) is 0 Å². The molecule has 0 aromatic heterocycles. The van der Waals surface area contributed by atoms with Crippen LogP contribution in [-0.4, -0.2) is 58.8 Å².